The van der Waals surface area contributed by atoms with Gasteiger partial charge in [0, 0.05) is 31.7 Å². The highest BCUT2D eigenvalue weighted by molar-refractivity contribution is 7.20. The number of carbonyl (C=O) groups is 2. The standard InChI is InChI=1S/C21H20N6O3S/c1-13-17-20(23-12-26(2)21(17)30)31-18(13)19(29)22-10-14-5-3-6-15(9-14)25-16(28)11-27-8-4-7-24-27/h3-9,12H,10-11H2,1-2H3,(H,22,29)(H,25,28). The van der Waals surface area contributed by atoms with Crippen LogP contribution in [0.3, 0.4) is 0 Å². The molecule has 1 aromatic carbocycles. The third-order valence-electron chi connectivity index (χ3n) is 4.75. The van der Waals surface area contributed by atoms with Gasteiger partial charge in [-0.3, -0.25) is 19.1 Å². The Bertz CT molecular complexity index is 1320. The van der Waals surface area contributed by atoms with Crippen molar-refractivity contribution in [2.75, 3.05) is 5.32 Å². The highest BCUT2D eigenvalue weighted by Gasteiger charge is 2.18. The van der Waals surface area contributed by atoms with Crippen LogP contribution >= 0.6 is 11.3 Å². The first-order chi connectivity index (χ1) is 14.9. The van der Waals surface area contributed by atoms with Crippen LogP contribution in [0.25, 0.3) is 10.2 Å². The Balaban J connectivity index is 1.43. The maximum Gasteiger partial charge on any atom is 0.262 e. The number of amides is 2. The van der Waals surface area contributed by atoms with Crippen molar-refractivity contribution in [1.82, 2.24) is 24.6 Å². The average molecular weight is 436 g/mol. The van der Waals surface area contributed by atoms with Crippen molar-refractivity contribution < 1.29 is 9.59 Å². The Kier molecular flexibility index (Phi) is 5.63. The van der Waals surface area contributed by atoms with Gasteiger partial charge in [-0.2, -0.15) is 5.10 Å². The van der Waals surface area contributed by atoms with Crippen LogP contribution in [0, 0.1) is 6.92 Å². The first-order valence-corrected chi connectivity index (χ1v) is 10.3. The largest absolute Gasteiger partial charge is 0.347 e. The topological polar surface area (TPSA) is 111 Å². The Hall–Kier alpha value is -3.79. The summed E-state index contributed by atoms with van der Waals surface area (Å²) < 4.78 is 2.94. The van der Waals surface area contributed by atoms with E-state index < -0.39 is 0 Å². The second kappa shape index (κ2) is 8.52. The summed E-state index contributed by atoms with van der Waals surface area (Å²) in [6.07, 6.45) is 4.78. The Morgan fingerprint density at radius 3 is 2.84 bits per heavy atom. The van der Waals surface area contributed by atoms with Crippen molar-refractivity contribution in [2.24, 2.45) is 7.05 Å². The zero-order valence-corrected chi connectivity index (χ0v) is 17.8. The van der Waals surface area contributed by atoms with Gasteiger partial charge in [0.1, 0.15) is 11.4 Å². The zero-order valence-electron chi connectivity index (χ0n) is 17.0. The molecule has 4 rings (SSSR count). The number of aromatic nitrogens is 4. The maximum atomic E-state index is 12.7. The van der Waals surface area contributed by atoms with Gasteiger partial charge in [-0.25, -0.2) is 4.98 Å². The van der Waals surface area contributed by atoms with Crippen LogP contribution in [0.15, 0.2) is 53.8 Å². The van der Waals surface area contributed by atoms with Crippen molar-refractivity contribution in [3.63, 3.8) is 0 Å². The molecular formula is C21H20N6O3S. The molecule has 4 aromatic rings. The van der Waals surface area contributed by atoms with E-state index in [1.807, 2.05) is 12.1 Å². The van der Waals surface area contributed by atoms with Crippen molar-refractivity contribution in [1.29, 1.82) is 0 Å². The average Bonchev–Trinajstić information content (AvgIpc) is 3.37. The summed E-state index contributed by atoms with van der Waals surface area (Å²) in [4.78, 5) is 42.5. The van der Waals surface area contributed by atoms with E-state index in [1.54, 1.807) is 44.6 Å². The molecule has 0 saturated heterocycles. The van der Waals surface area contributed by atoms with Crippen molar-refractivity contribution in [2.45, 2.75) is 20.0 Å². The summed E-state index contributed by atoms with van der Waals surface area (Å²) in [6.45, 7) is 2.15. The molecule has 0 aliphatic rings. The van der Waals surface area contributed by atoms with Crippen LogP contribution in [0.5, 0.6) is 0 Å². The third kappa shape index (κ3) is 4.38. The predicted molar refractivity (Wildman–Crippen MR) is 118 cm³/mol. The van der Waals surface area contributed by atoms with Gasteiger partial charge in [-0.1, -0.05) is 12.1 Å². The SMILES string of the molecule is Cc1c(C(=O)NCc2cccc(NC(=O)Cn3cccn3)c2)sc2ncn(C)c(=O)c12. The molecule has 0 radical (unpaired) electrons. The summed E-state index contributed by atoms with van der Waals surface area (Å²) in [6, 6.07) is 9.00. The number of hydrogen-bond donors (Lipinski definition) is 2. The normalized spacial score (nSPS) is 10.9. The number of nitrogens with one attached hydrogen (secondary N) is 2. The second-order valence-electron chi connectivity index (χ2n) is 7.03. The van der Waals surface area contributed by atoms with Crippen LogP contribution in [-0.2, 0) is 24.9 Å². The first kappa shape index (κ1) is 20.5. The molecule has 0 aliphatic carbocycles. The van der Waals surface area contributed by atoms with E-state index in [0.29, 0.717) is 26.3 Å². The monoisotopic (exact) mass is 436 g/mol. The lowest BCUT2D eigenvalue weighted by atomic mass is 10.2. The molecule has 0 unspecified atom stereocenters. The quantitative estimate of drug-likeness (QED) is 0.481. The Morgan fingerprint density at radius 1 is 1.23 bits per heavy atom. The van der Waals surface area contributed by atoms with Crippen LogP contribution < -0.4 is 16.2 Å². The number of anilines is 1. The van der Waals surface area contributed by atoms with E-state index in [9.17, 15) is 14.4 Å². The summed E-state index contributed by atoms with van der Waals surface area (Å²) in [7, 11) is 1.63. The molecular weight excluding hydrogens is 416 g/mol. The summed E-state index contributed by atoms with van der Waals surface area (Å²) in [5.74, 6) is -0.462. The molecule has 2 N–H and O–H groups in total. The number of nitrogens with zero attached hydrogens (tertiary/aromatic N) is 4. The lowest BCUT2D eigenvalue weighted by Crippen LogP contribution is -2.23. The van der Waals surface area contributed by atoms with Crippen LogP contribution in [0.4, 0.5) is 5.69 Å². The van der Waals surface area contributed by atoms with Crippen LogP contribution in [-0.4, -0.2) is 31.1 Å². The molecule has 3 heterocycles. The molecule has 0 atom stereocenters. The molecule has 3 aromatic heterocycles. The fourth-order valence-corrected chi connectivity index (χ4v) is 4.24. The van der Waals surface area contributed by atoms with Crippen LogP contribution in [0.1, 0.15) is 20.8 Å². The molecule has 158 valence electrons. The fourth-order valence-electron chi connectivity index (χ4n) is 3.19. The van der Waals surface area contributed by atoms with E-state index >= 15 is 0 Å². The molecule has 0 aliphatic heterocycles. The van der Waals surface area contributed by atoms with E-state index in [1.165, 1.54) is 26.9 Å². The summed E-state index contributed by atoms with van der Waals surface area (Å²) in [5, 5.41) is 10.2. The number of aryl methyl sites for hydroxylation is 2. The van der Waals surface area contributed by atoms with E-state index in [0.717, 1.165) is 5.56 Å². The molecule has 0 fully saturated rings. The number of fused-ring (bicyclic) bond motifs is 1. The number of rotatable bonds is 6. The van der Waals surface area contributed by atoms with Crippen molar-refractivity contribution in [3.8, 4) is 0 Å². The van der Waals surface area contributed by atoms with Gasteiger partial charge in [0.05, 0.1) is 16.6 Å². The highest BCUT2D eigenvalue weighted by atomic mass is 32.1. The fraction of sp³-hybridized carbons (Fsp3) is 0.190. The Labute approximate surface area is 181 Å². The number of thiophene rings is 1. The molecule has 0 bridgehead atoms. The molecule has 2 amide bonds. The van der Waals surface area contributed by atoms with Gasteiger partial charge >= 0.3 is 0 Å². The van der Waals surface area contributed by atoms with Gasteiger partial charge in [-0.05, 0) is 36.2 Å². The minimum absolute atomic E-state index is 0.118. The van der Waals surface area contributed by atoms with Crippen molar-refractivity contribution in [3.05, 3.63) is 75.4 Å². The smallest absolute Gasteiger partial charge is 0.262 e. The molecule has 9 nitrogen and oxygen atoms in total. The first-order valence-electron chi connectivity index (χ1n) is 9.51. The predicted octanol–water partition coefficient (Wildman–Crippen LogP) is 2.07. The molecule has 10 heteroatoms. The number of benzene rings is 1. The van der Waals surface area contributed by atoms with Gasteiger partial charge in [-0.15, -0.1) is 11.3 Å². The second-order valence-corrected chi connectivity index (χ2v) is 8.03. The van der Waals surface area contributed by atoms with Gasteiger partial charge in [0.2, 0.25) is 5.91 Å². The third-order valence-corrected chi connectivity index (χ3v) is 5.94. The minimum atomic E-state index is -0.268. The number of hydrogen-bond acceptors (Lipinski definition) is 6. The molecule has 0 saturated carbocycles. The van der Waals surface area contributed by atoms with Crippen LogP contribution in [0.2, 0.25) is 0 Å². The lowest BCUT2D eigenvalue weighted by Gasteiger charge is -2.09. The Morgan fingerprint density at radius 2 is 2.06 bits per heavy atom. The molecule has 31 heavy (non-hydrogen) atoms. The lowest BCUT2D eigenvalue weighted by molar-refractivity contribution is -0.116. The number of carbonyl (C=O) groups excluding carboxylic acids is 2. The van der Waals surface area contributed by atoms with E-state index in [4.69, 9.17) is 0 Å². The maximum absolute atomic E-state index is 12.7. The van der Waals surface area contributed by atoms with Gasteiger partial charge in [0.25, 0.3) is 11.5 Å². The summed E-state index contributed by atoms with van der Waals surface area (Å²) in [5.41, 5.74) is 1.93. The summed E-state index contributed by atoms with van der Waals surface area (Å²) >= 11 is 1.20. The van der Waals surface area contributed by atoms with Crippen molar-refractivity contribution >= 4 is 39.1 Å². The minimum Gasteiger partial charge on any atom is -0.347 e. The zero-order chi connectivity index (χ0) is 22.0. The molecule has 0 spiro atoms. The van der Waals surface area contributed by atoms with Gasteiger partial charge < -0.3 is 15.2 Å². The van der Waals surface area contributed by atoms with Gasteiger partial charge in [0.15, 0.2) is 0 Å². The van der Waals surface area contributed by atoms with E-state index in [2.05, 4.69) is 20.7 Å². The van der Waals surface area contributed by atoms with E-state index in [-0.39, 0.29) is 30.5 Å². The highest BCUT2D eigenvalue weighted by Crippen LogP contribution is 2.26.